The Hall–Kier alpha value is -2.44. The van der Waals surface area contributed by atoms with Crippen molar-refractivity contribution in [3.8, 4) is 0 Å². The number of benzene rings is 1. The van der Waals surface area contributed by atoms with Gasteiger partial charge in [-0.3, -0.25) is 4.79 Å². The van der Waals surface area contributed by atoms with E-state index in [1.54, 1.807) is 13.0 Å². The minimum atomic E-state index is -0.364. The van der Waals surface area contributed by atoms with E-state index in [9.17, 15) is 9.59 Å². The van der Waals surface area contributed by atoms with Gasteiger partial charge >= 0.3 is 5.97 Å². The fraction of sp³-hybridized carbons (Fsp3) is 0.333. The van der Waals surface area contributed by atoms with Crippen LogP contribution < -0.4 is 5.32 Å². The van der Waals surface area contributed by atoms with Crippen LogP contribution in [0.25, 0.3) is 6.08 Å². The van der Waals surface area contributed by atoms with Crippen molar-refractivity contribution >= 4 is 34.3 Å². The number of thiophene rings is 1. The minimum absolute atomic E-state index is 0.256. The standard InChI is InChI=1S/C21H24N2O3S/c1-4-26-21(25)19-16-11-12-23(3)13-17(16)27-20(19)22-18(24)10-9-15-7-5-14(2)6-8-15/h5-10H,4,11-13H2,1-3H3,(H,22,24)/b10-9+. The quantitative estimate of drug-likeness (QED) is 0.628. The first kappa shape index (κ1) is 19.3. The molecule has 1 N–H and O–H groups in total. The van der Waals surface area contributed by atoms with Crippen molar-refractivity contribution in [1.29, 1.82) is 0 Å². The monoisotopic (exact) mass is 384 g/mol. The summed E-state index contributed by atoms with van der Waals surface area (Å²) in [5.41, 5.74) is 3.65. The number of fused-ring (bicyclic) bond motifs is 1. The molecule has 0 fully saturated rings. The van der Waals surface area contributed by atoms with Gasteiger partial charge in [-0.15, -0.1) is 11.3 Å². The second-order valence-corrected chi connectivity index (χ2v) is 7.75. The molecule has 1 amide bonds. The van der Waals surface area contributed by atoms with E-state index in [1.807, 2.05) is 31.2 Å². The lowest BCUT2D eigenvalue weighted by Crippen LogP contribution is -2.26. The predicted molar refractivity (Wildman–Crippen MR) is 109 cm³/mol. The first-order valence-electron chi connectivity index (χ1n) is 9.04. The Morgan fingerprint density at radius 2 is 2.04 bits per heavy atom. The summed E-state index contributed by atoms with van der Waals surface area (Å²) in [6.07, 6.45) is 4.04. The maximum absolute atomic E-state index is 12.5. The Kier molecular flexibility index (Phi) is 6.08. The van der Waals surface area contributed by atoms with Crippen LogP contribution in [-0.2, 0) is 22.5 Å². The number of ether oxygens (including phenoxy) is 1. The zero-order valence-corrected chi connectivity index (χ0v) is 16.7. The highest BCUT2D eigenvalue weighted by Crippen LogP contribution is 2.37. The zero-order valence-electron chi connectivity index (χ0n) is 15.9. The summed E-state index contributed by atoms with van der Waals surface area (Å²) in [5.74, 6) is -0.620. The minimum Gasteiger partial charge on any atom is -0.462 e. The number of hydrogen-bond donors (Lipinski definition) is 1. The third-order valence-electron chi connectivity index (χ3n) is 4.47. The molecule has 0 aliphatic carbocycles. The SMILES string of the molecule is CCOC(=O)c1c(NC(=O)/C=C/c2ccc(C)cc2)sc2c1CCN(C)C2. The summed E-state index contributed by atoms with van der Waals surface area (Å²) in [6.45, 7) is 5.78. The molecule has 3 rings (SSSR count). The predicted octanol–water partition coefficient (Wildman–Crippen LogP) is 3.87. The molecule has 1 aromatic heterocycles. The molecule has 2 aromatic rings. The van der Waals surface area contributed by atoms with Gasteiger partial charge in [-0.05, 0) is 44.5 Å². The van der Waals surface area contributed by atoms with E-state index in [1.165, 1.54) is 23.0 Å². The van der Waals surface area contributed by atoms with E-state index in [-0.39, 0.29) is 11.9 Å². The van der Waals surface area contributed by atoms with Crippen LogP contribution >= 0.6 is 11.3 Å². The first-order valence-corrected chi connectivity index (χ1v) is 9.85. The topological polar surface area (TPSA) is 58.6 Å². The van der Waals surface area contributed by atoms with Crippen molar-refractivity contribution in [1.82, 2.24) is 4.90 Å². The van der Waals surface area contributed by atoms with Gasteiger partial charge in [-0.1, -0.05) is 29.8 Å². The lowest BCUT2D eigenvalue weighted by Gasteiger charge is -2.22. The molecule has 1 aromatic carbocycles. The van der Waals surface area contributed by atoms with Crippen molar-refractivity contribution in [2.45, 2.75) is 26.8 Å². The molecule has 2 heterocycles. The number of hydrogen-bond acceptors (Lipinski definition) is 5. The molecule has 0 spiro atoms. The van der Waals surface area contributed by atoms with Crippen LogP contribution in [0.1, 0.15) is 38.8 Å². The zero-order chi connectivity index (χ0) is 19.4. The molecule has 0 saturated heterocycles. The smallest absolute Gasteiger partial charge is 0.341 e. The second kappa shape index (κ2) is 8.50. The number of amides is 1. The van der Waals surface area contributed by atoms with Gasteiger partial charge in [-0.25, -0.2) is 4.79 Å². The Morgan fingerprint density at radius 1 is 1.30 bits per heavy atom. The highest BCUT2D eigenvalue weighted by atomic mass is 32.1. The average Bonchev–Trinajstić information content (AvgIpc) is 2.98. The number of nitrogens with zero attached hydrogens (tertiary/aromatic N) is 1. The number of carbonyl (C=O) groups is 2. The first-order chi connectivity index (χ1) is 13.0. The number of likely N-dealkylation sites (N-methyl/N-ethyl adjacent to an activating group) is 1. The van der Waals surface area contributed by atoms with Crippen molar-refractivity contribution in [3.63, 3.8) is 0 Å². The molecule has 0 saturated carbocycles. The number of rotatable bonds is 5. The van der Waals surface area contributed by atoms with Crippen LogP contribution in [0.15, 0.2) is 30.3 Å². The number of esters is 1. The summed E-state index contributed by atoms with van der Waals surface area (Å²) in [5, 5.41) is 3.45. The average molecular weight is 385 g/mol. The van der Waals surface area contributed by atoms with Crippen LogP contribution in [0.2, 0.25) is 0 Å². The van der Waals surface area contributed by atoms with Gasteiger partial charge in [0.25, 0.3) is 0 Å². The largest absolute Gasteiger partial charge is 0.462 e. The number of nitrogens with one attached hydrogen (secondary N) is 1. The van der Waals surface area contributed by atoms with Crippen molar-refractivity contribution in [2.75, 3.05) is 25.5 Å². The van der Waals surface area contributed by atoms with E-state index < -0.39 is 0 Å². The summed E-state index contributed by atoms with van der Waals surface area (Å²) < 4.78 is 5.23. The normalized spacial score (nSPS) is 14.2. The third kappa shape index (κ3) is 4.64. The highest BCUT2D eigenvalue weighted by molar-refractivity contribution is 7.17. The number of anilines is 1. The Balaban J connectivity index is 1.81. The second-order valence-electron chi connectivity index (χ2n) is 6.65. The molecule has 0 radical (unpaired) electrons. The summed E-state index contributed by atoms with van der Waals surface area (Å²) in [6, 6.07) is 7.92. The fourth-order valence-corrected chi connectivity index (χ4v) is 4.36. The van der Waals surface area contributed by atoms with Gasteiger partial charge in [0.15, 0.2) is 0 Å². The molecule has 142 valence electrons. The third-order valence-corrected chi connectivity index (χ3v) is 5.60. The van der Waals surface area contributed by atoms with Crippen LogP contribution in [0.4, 0.5) is 5.00 Å². The highest BCUT2D eigenvalue weighted by Gasteiger charge is 2.28. The van der Waals surface area contributed by atoms with Gasteiger partial charge in [0.05, 0.1) is 12.2 Å². The fourth-order valence-electron chi connectivity index (χ4n) is 3.04. The van der Waals surface area contributed by atoms with Gasteiger partial charge in [0.1, 0.15) is 5.00 Å². The summed E-state index contributed by atoms with van der Waals surface area (Å²) in [4.78, 5) is 28.2. The molecule has 5 nitrogen and oxygen atoms in total. The molecule has 6 heteroatoms. The van der Waals surface area contributed by atoms with Crippen LogP contribution in [0, 0.1) is 6.92 Å². The summed E-state index contributed by atoms with van der Waals surface area (Å²) in [7, 11) is 2.05. The number of aryl methyl sites for hydroxylation is 1. The maximum Gasteiger partial charge on any atom is 0.341 e. The van der Waals surface area contributed by atoms with Crippen molar-refractivity contribution in [2.24, 2.45) is 0 Å². The Morgan fingerprint density at radius 3 is 2.74 bits per heavy atom. The summed E-state index contributed by atoms with van der Waals surface area (Å²) >= 11 is 1.46. The molecular formula is C21H24N2O3S. The Bertz CT molecular complexity index is 868. The van der Waals surface area contributed by atoms with E-state index in [0.29, 0.717) is 17.2 Å². The van der Waals surface area contributed by atoms with Crippen LogP contribution in [0.3, 0.4) is 0 Å². The molecule has 1 aliphatic rings. The number of carbonyl (C=O) groups excluding carboxylic acids is 2. The van der Waals surface area contributed by atoms with Crippen molar-refractivity contribution < 1.29 is 14.3 Å². The van der Waals surface area contributed by atoms with E-state index in [2.05, 4.69) is 17.3 Å². The van der Waals surface area contributed by atoms with Crippen LogP contribution in [-0.4, -0.2) is 37.0 Å². The molecule has 0 bridgehead atoms. The van der Waals surface area contributed by atoms with Gasteiger partial charge < -0.3 is 15.0 Å². The van der Waals surface area contributed by atoms with Gasteiger partial charge in [0.2, 0.25) is 5.91 Å². The maximum atomic E-state index is 12.5. The lowest BCUT2D eigenvalue weighted by molar-refractivity contribution is -0.111. The van der Waals surface area contributed by atoms with E-state index in [4.69, 9.17) is 4.74 Å². The molecule has 1 aliphatic heterocycles. The lowest BCUT2D eigenvalue weighted by atomic mass is 10.0. The van der Waals surface area contributed by atoms with Crippen molar-refractivity contribution in [3.05, 3.63) is 57.5 Å². The van der Waals surface area contributed by atoms with Gasteiger partial charge in [0, 0.05) is 24.0 Å². The van der Waals surface area contributed by atoms with Crippen LogP contribution in [0.5, 0.6) is 0 Å². The van der Waals surface area contributed by atoms with E-state index in [0.717, 1.165) is 35.5 Å². The molecule has 0 atom stereocenters. The molecular weight excluding hydrogens is 360 g/mol. The molecule has 0 unspecified atom stereocenters. The Labute approximate surface area is 163 Å². The van der Waals surface area contributed by atoms with Gasteiger partial charge in [-0.2, -0.15) is 0 Å². The van der Waals surface area contributed by atoms with E-state index >= 15 is 0 Å². The molecule has 27 heavy (non-hydrogen) atoms.